The van der Waals surface area contributed by atoms with Crippen molar-refractivity contribution >= 4 is 23.6 Å². The van der Waals surface area contributed by atoms with Crippen LogP contribution in [-0.2, 0) is 19.2 Å². The van der Waals surface area contributed by atoms with Gasteiger partial charge in [-0.15, -0.1) is 0 Å². The molecule has 8 nitrogen and oxygen atoms in total. The van der Waals surface area contributed by atoms with Gasteiger partial charge in [0.1, 0.15) is 6.04 Å². The van der Waals surface area contributed by atoms with Gasteiger partial charge >= 0.3 is 5.97 Å². The molecule has 0 spiro atoms. The van der Waals surface area contributed by atoms with Crippen molar-refractivity contribution in [3.63, 3.8) is 0 Å². The predicted octanol–water partition coefficient (Wildman–Crippen LogP) is 5.92. The number of carboxylic acid groups (broad SMARTS) is 1. The summed E-state index contributed by atoms with van der Waals surface area (Å²) < 4.78 is 0. The van der Waals surface area contributed by atoms with Crippen molar-refractivity contribution in [3.8, 4) is 0 Å². The summed E-state index contributed by atoms with van der Waals surface area (Å²) in [6.45, 7) is 6.50. The number of hydrogen-bond acceptors (Lipinski definition) is 5. The summed E-state index contributed by atoms with van der Waals surface area (Å²) in [5, 5.41) is 17.9. The molecule has 0 heterocycles. The highest BCUT2D eigenvalue weighted by Crippen LogP contribution is 2.13. The van der Waals surface area contributed by atoms with E-state index in [1.165, 1.54) is 64.2 Å². The minimum atomic E-state index is -1.12. The molecule has 0 aromatic carbocycles. The fourth-order valence-electron chi connectivity index (χ4n) is 4.72. The molecule has 0 rings (SSSR count). The number of carbonyl (C=O) groups is 4. The predicted molar refractivity (Wildman–Crippen MR) is 159 cm³/mol. The molecule has 8 heteroatoms. The molecule has 2 amide bonds. The molecule has 4 N–H and O–H groups in total. The molecule has 2 atom stereocenters. The zero-order valence-corrected chi connectivity index (χ0v) is 25.5. The smallest absolute Gasteiger partial charge is 0.326 e. The van der Waals surface area contributed by atoms with Gasteiger partial charge in [-0.1, -0.05) is 97.8 Å². The minimum Gasteiger partial charge on any atom is -0.480 e. The van der Waals surface area contributed by atoms with E-state index in [2.05, 4.69) is 22.9 Å². The third kappa shape index (κ3) is 21.5. The molecule has 0 aromatic rings. The summed E-state index contributed by atoms with van der Waals surface area (Å²) in [4.78, 5) is 48.0. The summed E-state index contributed by atoms with van der Waals surface area (Å²) in [7, 11) is 1.78. The van der Waals surface area contributed by atoms with E-state index in [9.17, 15) is 24.3 Å². The van der Waals surface area contributed by atoms with Crippen LogP contribution in [0, 0.1) is 5.92 Å². The molecule has 39 heavy (non-hydrogen) atoms. The van der Waals surface area contributed by atoms with Crippen LogP contribution in [0.4, 0.5) is 0 Å². The maximum absolute atomic E-state index is 12.2. The fraction of sp³-hybridized carbons (Fsp3) is 0.871. The van der Waals surface area contributed by atoms with Crippen LogP contribution in [0.5, 0.6) is 0 Å². The lowest BCUT2D eigenvalue weighted by Gasteiger charge is -2.17. The number of Topliss-reactive ketones (excluding diaryl/α,β-unsaturated/α-hetero) is 1. The van der Waals surface area contributed by atoms with Crippen molar-refractivity contribution in [2.45, 2.75) is 155 Å². The normalized spacial score (nSPS) is 12.7. The van der Waals surface area contributed by atoms with Gasteiger partial charge in [0.2, 0.25) is 11.8 Å². The van der Waals surface area contributed by atoms with Crippen molar-refractivity contribution in [1.29, 1.82) is 0 Å². The minimum absolute atomic E-state index is 0.0146. The molecule has 0 fully saturated rings. The molecule has 0 saturated carbocycles. The summed E-state index contributed by atoms with van der Waals surface area (Å²) in [5.74, 6) is -1.43. The van der Waals surface area contributed by atoms with Crippen LogP contribution in [0.25, 0.3) is 0 Å². The Bertz CT molecular complexity index is 669. The highest BCUT2D eigenvalue weighted by atomic mass is 16.4. The number of carbonyl (C=O) groups excluding carboxylic acids is 3. The van der Waals surface area contributed by atoms with Crippen LogP contribution >= 0.6 is 0 Å². The Morgan fingerprint density at radius 1 is 0.641 bits per heavy atom. The van der Waals surface area contributed by atoms with E-state index in [0.29, 0.717) is 13.0 Å². The van der Waals surface area contributed by atoms with Crippen molar-refractivity contribution in [2.24, 2.45) is 5.92 Å². The number of carboxylic acids is 1. The number of ketones is 1. The standard InChI is InChI=1S/C31H59N3O5/c1-5-6-7-8-9-10-11-12-13-14-15-16-17-21-29(36)34-27(31(38)39)22-23-28(35)33-24-19-18-20-26(32-4)30(37)25(2)3/h25-27,32H,5-24H2,1-4H3,(H,33,35)(H,34,36)(H,38,39)/t26-,27-/m0/s1. The van der Waals surface area contributed by atoms with Gasteiger partial charge in [0, 0.05) is 25.3 Å². The lowest BCUT2D eigenvalue weighted by Crippen LogP contribution is -2.41. The highest BCUT2D eigenvalue weighted by molar-refractivity contribution is 5.85. The van der Waals surface area contributed by atoms with Gasteiger partial charge < -0.3 is 21.1 Å². The van der Waals surface area contributed by atoms with Crippen molar-refractivity contribution in [2.75, 3.05) is 13.6 Å². The molecule has 0 unspecified atom stereocenters. The Balaban J connectivity index is 3.89. The summed E-state index contributed by atoms with van der Waals surface area (Å²) in [6.07, 6.45) is 18.7. The topological polar surface area (TPSA) is 125 Å². The van der Waals surface area contributed by atoms with Crippen LogP contribution in [0.15, 0.2) is 0 Å². The average Bonchev–Trinajstić information content (AvgIpc) is 2.90. The maximum atomic E-state index is 12.2. The highest BCUT2D eigenvalue weighted by Gasteiger charge is 2.21. The van der Waals surface area contributed by atoms with E-state index in [1.807, 2.05) is 13.8 Å². The largest absolute Gasteiger partial charge is 0.480 e. The Morgan fingerprint density at radius 2 is 1.18 bits per heavy atom. The summed E-state index contributed by atoms with van der Waals surface area (Å²) in [6, 6.07) is -1.22. The third-order valence-electron chi connectivity index (χ3n) is 7.30. The molecular weight excluding hydrogens is 494 g/mol. The second-order valence-electron chi connectivity index (χ2n) is 11.2. The third-order valence-corrected chi connectivity index (χ3v) is 7.30. The van der Waals surface area contributed by atoms with Gasteiger partial charge in [-0.2, -0.15) is 0 Å². The number of amides is 2. The van der Waals surface area contributed by atoms with Gasteiger partial charge in [0.05, 0.1) is 6.04 Å². The molecule has 0 saturated heterocycles. The van der Waals surface area contributed by atoms with Crippen LogP contribution < -0.4 is 16.0 Å². The number of hydrogen-bond donors (Lipinski definition) is 4. The lowest BCUT2D eigenvalue weighted by molar-refractivity contribution is -0.142. The van der Waals surface area contributed by atoms with Gasteiger partial charge in [-0.05, 0) is 39.2 Å². The van der Waals surface area contributed by atoms with E-state index >= 15 is 0 Å². The first-order chi connectivity index (χ1) is 18.7. The molecule has 0 bridgehead atoms. The Kier molecular flexibility index (Phi) is 23.8. The first kappa shape index (κ1) is 37.0. The van der Waals surface area contributed by atoms with Gasteiger partial charge in [0.15, 0.2) is 5.78 Å². The van der Waals surface area contributed by atoms with Crippen molar-refractivity contribution < 1.29 is 24.3 Å². The fourth-order valence-corrected chi connectivity index (χ4v) is 4.72. The van der Waals surface area contributed by atoms with Gasteiger partial charge in [0.25, 0.3) is 0 Å². The first-order valence-corrected chi connectivity index (χ1v) is 15.7. The summed E-state index contributed by atoms with van der Waals surface area (Å²) in [5.41, 5.74) is 0. The van der Waals surface area contributed by atoms with Gasteiger partial charge in [-0.25, -0.2) is 4.79 Å². The van der Waals surface area contributed by atoms with E-state index in [0.717, 1.165) is 38.5 Å². The van der Waals surface area contributed by atoms with E-state index in [1.54, 1.807) is 7.05 Å². The molecule has 228 valence electrons. The number of rotatable bonds is 27. The first-order valence-electron chi connectivity index (χ1n) is 15.7. The van der Waals surface area contributed by atoms with Crippen LogP contribution in [0.1, 0.15) is 143 Å². The molecule has 0 aliphatic carbocycles. The molecular formula is C31H59N3O5. The number of unbranched alkanes of at least 4 members (excludes halogenated alkanes) is 13. The quantitative estimate of drug-likeness (QED) is 0.0937. The van der Waals surface area contributed by atoms with Gasteiger partial charge in [-0.3, -0.25) is 14.4 Å². The maximum Gasteiger partial charge on any atom is 0.326 e. The number of nitrogens with one attached hydrogen (secondary N) is 3. The second kappa shape index (κ2) is 25.0. The zero-order valence-electron chi connectivity index (χ0n) is 25.5. The van der Waals surface area contributed by atoms with E-state index in [4.69, 9.17) is 0 Å². The Labute approximate surface area is 238 Å². The lowest BCUT2D eigenvalue weighted by atomic mass is 9.97. The van der Waals surface area contributed by atoms with E-state index in [-0.39, 0.29) is 42.4 Å². The number of likely N-dealkylation sites (N-methyl/N-ethyl adjacent to an activating group) is 1. The summed E-state index contributed by atoms with van der Waals surface area (Å²) >= 11 is 0. The van der Waals surface area contributed by atoms with Crippen molar-refractivity contribution in [1.82, 2.24) is 16.0 Å². The van der Waals surface area contributed by atoms with Crippen molar-refractivity contribution in [3.05, 3.63) is 0 Å². The average molecular weight is 554 g/mol. The molecule has 0 aliphatic rings. The van der Waals surface area contributed by atoms with Crippen LogP contribution in [0.3, 0.4) is 0 Å². The number of aliphatic carboxylic acids is 1. The molecule has 0 aromatic heterocycles. The Morgan fingerprint density at radius 3 is 1.67 bits per heavy atom. The van der Waals surface area contributed by atoms with Crippen LogP contribution in [-0.4, -0.2) is 54.3 Å². The van der Waals surface area contributed by atoms with E-state index < -0.39 is 12.0 Å². The SMILES string of the molecule is CCCCCCCCCCCCCCCC(=O)N[C@@H](CCC(=O)NCCCC[C@H](NC)C(=O)C(C)C)C(=O)O. The molecule has 0 aliphatic heterocycles. The monoisotopic (exact) mass is 553 g/mol. The zero-order chi connectivity index (χ0) is 29.3. The Hall–Kier alpha value is -1.96. The molecule has 0 radical (unpaired) electrons. The van der Waals surface area contributed by atoms with Crippen LogP contribution in [0.2, 0.25) is 0 Å². The second-order valence-corrected chi connectivity index (χ2v) is 11.2.